The summed E-state index contributed by atoms with van der Waals surface area (Å²) in [5.41, 5.74) is 4.06. The third kappa shape index (κ3) is 3.82. The first-order valence-electron chi connectivity index (χ1n) is 9.66. The number of carbonyl (C=O) groups excluding carboxylic acids is 1. The van der Waals surface area contributed by atoms with Crippen LogP contribution < -0.4 is 10.6 Å². The summed E-state index contributed by atoms with van der Waals surface area (Å²) in [6.45, 7) is 8.87. The summed E-state index contributed by atoms with van der Waals surface area (Å²) in [5, 5.41) is 12.3. The van der Waals surface area contributed by atoms with Crippen molar-refractivity contribution in [2.75, 3.05) is 18.5 Å². The summed E-state index contributed by atoms with van der Waals surface area (Å²) in [7, 11) is 0. The van der Waals surface area contributed by atoms with Gasteiger partial charge in [0.05, 0.1) is 17.3 Å². The lowest BCUT2D eigenvalue weighted by atomic mass is 10.0. The highest BCUT2D eigenvalue weighted by molar-refractivity contribution is 5.91. The molecule has 2 N–H and O–H groups in total. The highest BCUT2D eigenvalue weighted by Crippen LogP contribution is 2.31. The van der Waals surface area contributed by atoms with E-state index in [0.29, 0.717) is 19.0 Å². The molecule has 0 saturated carbocycles. The van der Waals surface area contributed by atoms with Crippen molar-refractivity contribution in [3.05, 3.63) is 17.5 Å². The minimum absolute atomic E-state index is 0.0495. The molecule has 1 saturated heterocycles. The van der Waals surface area contributed by atoms with E-state index in [1.54, 1.807) is 0 Å². The maximum Gasteiger partial charge on any atom is 0.219 e. The van der Waals surface area contributed by atoms with Gasteiger partial charge < -0.3 is 15.4 Å². The van der Waals surface area contributed by atoms with Gasteiger partial charge in [-0.3, -0.25) is 4.79 Å². The zero-order valence-corrected chi connectivity index (χ0v) is 16.0. The van der Waals surface area contributed by atoms with Crippen molar-refractivity contribution in [1.82, 2.24) is 20.1 Å². The largest absolute Gasteiger partial charge is 0.381 e. The van der Waals surface area contributed by atoms with Crippen LogP contribution in [-0.2, 0) is 29.0 Å². The van der Waals surface area contributed by atoms with Crippen molar-refractivity contribution in [3.8, 4) is 0 Å². The Labute approximate surface area is 154 Å². The van der Waals surface area contributed by atoms with Crippen LogP contribution in [0.5, 0.6) is 0 Å². The minimum atomic E-state index is 0.0495. The van der Waals surface area contributed by atoms with Gasteiger partial charge >= 0.3 is 0 Å². The van der Waals surface area contributed by atoms with Gasteiger partial charge in [-0.1, -0.05) is 13.8 Å². The third-order valence-electron chi connectivity index (χ3n) is 4.96. The lowest BCUT2D eigenvalue weighted by molar-refractivity contribution is -0.120. The zero-order chi connectivity index (χ0) is 18.5. The van der Waals surface area contributed by atoms with E-state index in [1.807, 2.05) is 17.8 Å². The van der Waals surface area contributed by atoms with E-state index in [0.717, 1.165) is 67.0 Å². The number of hydrogen-bond donors (Lipinski definition) is 2. The molecule has 0 aliphatic carbocycles. The van der Waals surface area contributed by atoms with Gasteiger partial charge in [-0.05, 0) is 26.2 Å². The van der Waals surface area contributed by atoms with Gasteiger partial charge in [-0.25, -0.2) is 9.67 Å². The molecular formula is C19H29N5O2. The lowest BCUT2D eigenvalue weighted by Gasteiger charge is -2.26. The normalized spacial score (nSPS) is 15.3. The van der Waals surface area contributed by atoms with Gasteiger partial charge in [0, 0.05) is 50.0 Å². The Morgan fingerprint density at radius 1 is 1.31 bits per heavy atom. The Bertz CT molecular complexity index is 765. The molecule has 1 aliphatic rings. The predicted molar refractivity (Wildman–Crippen MR) is 102 cm³/mol. The van der Waals surface area contributed by atoms with E-state index in [9.17, 15) is 4.79 Å². The molecule has 1 amide bonds. The molecule has 142 valence electrons. The number of fused-ring (bicyclic) bond motifs is 1. The summed E-state index contributed by atoms with van der Waals surface area (Å²) < 4.78 is 7.42. The number of pyridine rings is 1. The number of nitrogens with one attached hydrogen (secondary N) is 2. The average molecular weight is 359 g/mol. The minimum Gasteiger partial charge on any atom is -0.381 e. The maximum absolute atomic E-state index is 11.8. The smallest absolute Gasteiger partial charge is 0.219 e. The molecule has 7 heteroatoms. The SMILES string of the molecule is CCC(=O)NCc1c(CC)nc2c(cnn2CC)c1NC1CCOCC1. The molecule has 2 aromatic heterocycles. The highest BCUT2D eigenvalue weighted by Gasteiger charge is 2.21. The van der Waals surface area contributed by atoms with Crippen molar-refractivity contribution >= 4 is 22.6 Å². The molecule has 0 atom stereocenters. The van der Waals surface area contributed by atoms with Gasteiger partial charge in [0.1, 0.15) is 0 Å². The Hall–Kier alpha value is -2.15. The number of aromatic nitrogens is 3. The topological polar surface area (TPSA) is 81.1 Å². The first kappa shape index (κ1) is 18.6. The van der Waals surface area contributed by atoms with Crippen LogP contribution in [0.2, 0.25) is 0 Å². The summed E-state index contributed by atoms with van der Waals surface area (Å²) >= 11 is 0. The number of rotatable bonds is 7. The zero-order valence-electron chi connectivity index (χ0n) is 16.0. The van der Waals surface area contributed by atoms with Crippen LogP contribution in [0.3, 0.4) is 0 Å². The summed E-state index contributed by atoms with van der Waals surface area (Å²) in [4.78, 5) is 16.7. The molecule has 3 heterocycles. The number of nitrogens with zero attached hydrogens (tertiary/aromatic N) is 3. The van der Waals surface area contributed by atoms with E-state index in [2.05, 4.69) is 29.6 Å². The Kier molecular flexibility index (Phi) is 6.08. The number of carbonyl (C=O) groups is 1. The van der Waals surface area contributed by atoms with Crippen molar-refractivity contribution in [1.29, 1.82) is 0 Å². The predicted octanol–water partition coefficient (Wildman–Crippen LogP) is 2.63. The summed E-state index contributed by atoms with van der Waals surface area (Å²) in [6.07, 6.45) is 5.14. The second-order valence-electron chi connectivity index (χ2n) is 6.62. The van der Waals surface area contributed by atoms with Crippen LogP contribution in [-0.4, -0.2) is 39.9 Å². The van der Waals surface area contributed by atoms with Gasteiger partial charge in [-0.2, -0.15) is 5.10 Å². The summed E-state index contributed by atoms with van der Waals surface area (Å²) in [6, 6.07) is 0.365. The average Bonchev–Trinajstić information content (AvgIpc) is 3.10. The number of anilines is 1. The first-order chi connectivity index (χ1) is 12.7. The van der Waals surface area contributed by atoms with Crippen LogP contribution in [0.25, 0.3) is 11.0 Å². The maximum atomic E-state index is 11.8. The van der Waals surface area contributed by atoms with Gasteiger partial charge in [0.15, 0.2) is 5.65 Å². The molecule has 26 heavy (non-hydrogen) atoms. The van der Waals surface area contributed by atoms with Crippen molar-refractivity contribution in [2.45, 2.75) is 65.6 Å². The second-order valence-corrected chi connectivity index (χ2v) is 6.62. The quantitative estimate of drug-likeness (QED) is 0.794. The Morgan fingerprint density at radius 3 is 2.73 bits per heavy atom. The van der Waals surface area contributed by atoms with Gasteiger partial charge in [0.25, 0.3) is 0 Å². The van der Waals surface area contributed by atoms with Crippen LogP contribution >= 0.6 is 0 Å². The van der Waals surface area contributed by atoms with E-state index in [1.165, 1.54) is 0 Å². The van der Waals surface area contributed by atoms with Crippen molar-refractivity contribution in [2.24, 2.45) is 0 Å². The molecular weight excluding hydrogens is 330 g/mol. The highest BCUT2D eigenvalue weighted by atomic mass is 16.5. The molecule has 1 aliphatic heterocycles. The Balaban J connectivity index is 2.04. The standard InChI is InChI=1S/C19H29N5O2/c1-4-16-14(11-20-17(25)5-2)18(22-13-7-9-26-10-8-13)15-12-21-24(6-3)19(15)23-16/h12-13H,4-11H2,1-3H3,(H,20,25)(H,22,23). The fourth-order valence-corrected chi connectivity index (χ4v) is 3.41. The van der Waals surface area contributed by atoms with Gasteiger partial charge in [0.2, 0.25) is 5.91 Å². The fourth-order valence-electron chi connectivity index (χ4n) is 3.41. The number of aryl methyl sites for hydroxylation is 2. The molecule has 2 aromatic rings. The first-order valence-corrected chi connectivity index (χ1v) is 9.66. The molecule has 0 radical (unpaired) electrons. The van der Waals surface area contributed by atoms with Crippen LogP contribution in [0, 0.1) is 0 Å². The van der Waals surface area contributed by atoms with E-state index >= 15 is 0 Å². The number of amides is 1. The van der Waals surface area contributed by atoms with Crippen LogP contribution in [0.4, 0.5) is 5.69 Å². The monoisotopic (exact) mass is 359 g/mol. The van der Waals surface area contributed by atoms with Crippen molar-refractivity contribution < 1.29 is 9.53 Å². The molecule has 0 bridgehead atoms. The Morgan fingerprint density at radius 2 is 2.08 bits per heavy atom. The molecule has 0 unspecified atom stereocenters. The fraction of sp³-hybridized carbons (Fsp3) is 0.632. The molecule has 3 rings (SSSR count). The van der Waals surface area contributed by atoms with Crippen molar-refractivity contribution in [3.63, 3.8) is 0 Å². The van der Waals surface area contributed by atoms with Gasteiger partial charge in [-0.15, -0.1) is 0 Å². The number of hydrogen-bond acceptors (Lipinski definition) is 5. The molecule has 1 fully saturated rings. The van der Waals surface area contributed by atoms with Crippen LogP contribution in [0.1, 0.15) is 51.3 Å². The summed E-state index contributed by atoms with van der Waals surface area (Å²) in [5.74, 6) is 0.0495. The molecule has 0 spiro atoms. The molecule has 0 aromatic carbocycles. The van der Waals surface area contributed by atoms with Crippen LogP contribution in [0.15, 0.2) is 6.20 Å². The van der Waals surface area contributed by atoms with E-state index < -0.39 is 0 Å². The third-order valence-corrected chi connectivity index (χ3v) is 4.96. The number of ether oxygens (including phenoxy) is 1. The molecule has 7 nitrogen and oxygen atoms in total. The van der Waals surface area contributed by atoms with E-state index in [-0.39, 0.29) is 5.91 Å². The second kappa shape index (κ2) is 8.49. The van der Waals surface area contributed by atoms with E-state index in [4.69, 9.17) is 9.72 Å². The lowest BCUT2D eigenvalue weighted by Crippen LogP contribution is -2.30.